The molecule has 0 saturated carbocycles. The van der Waals surface area contributed by atoms with Gasteiger partial charge in [-0.3, -0.25) is 9.78 Å². The summed E-state index contributed by atoms with van der Waals surface area (Å²) in [5.74, 6) is 0.517. The molecular weight excluding hydrogens is 394 g/mol. The van der Waals surface area contributed by atoms with Gasteiger partial charge in [0.25, 0.3) is 5.91 Å². The topological polar surface area (TPSA) is 112 Å². The number of nitrogens with zero attached hydrogens (tertiary/aromatic N) is 2. The Balaban J connectivity index is 1.46. The van der Waals surface area contributed by atoms with Crippen LogP contribution < -0.4 is 15.2 Å². The summed E-state index contributed by atoms with van der Waals surface area (Å²) < 4.78 is 39.4. The van der Waals surface area contributed by atoms with Crippen LogP contribution in [-0.4, -0.2) is 48.4 Å². The second kappa shape index (κ2) is 8.00. The SMILES string of the molecule is NC(=O)COc1ccc(S(=O)(=O)N2C3CCC2CC(Oc2cccnc2)C3)cc1. The molecule has 2 atom stereocenters. The highest BCUT2D eigenvalue weighted by atomic mass is 32.2. The van der Waals surface area contributed by atoms with Crippen molar-refractivity contribution in [3.63, 3.8) is 0 Å². The number of hydrogen-bond donors (Lipinski definition) is 1. The van der Waals surface area contributed by atoms with Crippen LogP contribution >= 0.6 is 0 Å². The maximum Gasteiger partial charge on any atom is 0.255 e. The Hall–Kier alpha value is -2.65. The van der Waals surface area contributed by atoms with Crippen molar-refractivity contribution in [3.8, 4) is 11.5 Å². The molecule has 1 aromatic heterocycles. The van der Waals surface area contributed by atoms with Crippen molar-refractivity contribution < 1.29 is 22.7 Å². The van der Waals surface area contributed by atoms with Crippen molar-refractivity contribution in [2.24, 2.45) is 5.73 Å². The molecular formula is C20H23N3O5S. The van der Waals surface area contributed by atoms with E-state index in [-0.39, 0.29) is 29.7 Å². The van der Waals surface area contributed by atoms with Gasteiger partial charge >= 0.3 is 0 Å². The first kappa shape index (κ1) is 19.7. The van der Waals surface area contributed by atoms with Gasteiger partial charge in [-0.05, 0) is 49.2 Å². The average Bonchev–Trinajstić information content (AvgIpc) is 3.00. The number of hydrogen-bond acceptors (Lipinski definition) is 6. The molecule has 4 rings (SSSR count). The molecule has 0 spiro atoms. The van der Waals surface area contributed by atoms with E-state index in [9.17, 15) is 13.2 Å². The number of nitrogens with two attached hydrogens (primary N) is 1. The van der Waals surface area contributed by atoms with E-state index in [2.05, 4.69) is 4.98 Å². The number of primary amides is 1. The van der Waals surface area contributed by atoms with Gasteiger partial charge < -0.3 is 15.2 Å². The minimum atomic E-state index is -3.62. The average molecular weight is 417 g/mol. The summed E-state index contributed by atoms with van der Waals surface area (Å²) in [6, 6.07) is 9.61. The zero-order valence-electron chi connectivity index (χ0n) is 15.8. The fourth-order valence-corrected chi connectivity index (χ4v) is 6.06. The third kappa shape index (κ3) is 4.20. The van der Waals surface area contributed by atoms with E-state index >= 15 is 0 Å². The van der Waals surface area contributed by atoms with E-state index in [4.69, 9.17) is 15.2 Å². The molecule has 2 fully saturated rings. The Morgan fingerprint density at radius 1 is 1.10 bits per heavy atom. The number of benzene rings is 1. The van der Waals surface area contributed by atoms with Gasteiger partial charge in [-0.1, -0.05) is 0 Å². The van der Waals surface area contributed by atoms with Crippen LogP contribution in [0.25, 0.3) is 0 Å². The van der Waals surface area contributed by atoms with Crippen LogP contribution in [-0.2, 0) is 14.8 Å². The molecule has 2 saturated heterocycles. The van der Waals surface area contributed by atoms with Crippen molar-refractivity contribution in [2.75, 3.05) is 6.61 Å². The van der Waals surface area contributed by atoms with Crippen molar-refractivity contribution in [3.05, 3.63) is 48.8 Å². The van der Waals surface area contributed by atoms with Crippen LogP contribution in [0.1, 0.15) is 25.7 Å². The Labute approximate surface area is 169 Å². The highest BCUT2D eigenvalue weighted by Gasteiger charge is 2.47. The first-order chi connectivity index (χ1) is 13.9. The van der Waals surface area contributed by atoms with E-state index in [1.165, 1.54) is 24.3 Å². The number of aromatic nitrogens is 1. The minimum Gasteiger partial charge on any atom is -0.489 e. The second-order valence-corrected chi connectivity index (χ2v) is 9.19. The molecule has 2 aromatic rings. The Morgan fingerprint density at radius 2 is 1.79 bits per heavy atom. The lowest BCUT2D eigenvalue weighted by Gasteiger charge is -2.37. The summed E-state index contributed by atoms with van der Waals surface area (Å²) in [6.07, 6.45) is 6.32. The quantitative estimate of drug-likeness (QED) is 0.734. The zero-order valence-corrected chi connectivity index (χ0v) is 16.6. The molecule has 1 aromatic carbocycles. The van der Waals surface area contributed by atoms with Crippen LogP contribution in [0.3, 0.4) is 0 Å². The molecule has 29 heavy (non-hydrogen) atoms. The van der Waals surface area contributed by atoms with Gasteiger partial charge in [-0.15, -0.1) is 0 Å². The molecule has 2 aliphatic rings. The number of carbonyl (C=O) groups is 1. The maximum absolute atomic E-state index is 13.3. The molecule has 2 unspecified atom stereocenters. The number of amides is 1. The van der Waals surface area contributed by atoms with E-state index in [0.717, 1.165) is 12.8 Å². The molecule has 3 heterocycles. The highest BCUT2D eigenvalue weighted by molar-refractivity contribution is 7.89. The standard InChI is InChI=1S/C20H23N3O5S/c21-20(24)13-27-16-5-7-19(8-6-16)29(25,26)23-14-3-4-15(23)11-18(10-14)28-17-2-1-9-22-12-17/h1-2,5-9,12,14-15,18H,3-4,10-11,13H2,(H2,21,24). The van der Waals surface area contributed by atoms with E-state index < -0.39 is 15.9 Å². The third-order valence-electron chi connectivity index (χ3n) is 5.34. The van der Waals surface area contributed by atoms with E-state index in [1.54, 1.807) is 16.7 Å². The minimum absolute atomic E-state index is 0.0206. The van der Waals surface area contributed by atoms with Gasteiger partial charge in [0.15, 0.2) is 6.61 Å². The number of piperidine rings is 1. The maximum atomic E-state index is 13.3. The summed E-state index contributed by atoms with van der Waals surface area (Å²) >= 11 is 0. The summed E-state index contributed by atoms with van der Waals surface area (Å²) in [5, 5.41) is 0. The first-order valence-corrected chi connectivity index (χ1v) is 11.0. The molecule has 2 N–H and O–H groups in total. The zero-order chi connectivity index (χ0) is 20.4. The number of pyridine rings is 1. The molecule has 154 valence electrons. The molecule has 2 bridgehead atoms. The molecule has 9 heteroatoms. The van der Waals surface area contributed by atoms with Gasteiger partial charge in [0, 0.05) is 31.1 Å². The van der Waals surface area contributed by atoms with E-state index in [0.29, 0.717) is 24.3 Å². The van der Waals surface area contributed by atoms with Crippen molar-refractivity contribution >= 4 is 15.9 Å². The summed E-state index contributed by atoms with van der Waals surface area (Å²) in [7, 11) is -3.62. The normalized spacial score (nSPS) is 24.2. The van der Waals surface area contributed by atoms with Crippen molar-refractivity contribution in [2.45, 2.75) is 48.8 Å². The Morgan fingerprint density at radius 3 is 2.38 bits per heavy atom. The largest absolute Gasteiger partial charge is 0.489 e. The lowest BCUT2D eigenvalue weighted by molar-refractivity contribution is -0.119. The van der Waals surface area contributed by atoms with Gasteiger partial charge in [-0.2, -0.15) is 4.31 Å². The van der Waals surface area contributed by atoms with Crippen LogP contribution in [0.2, 0.25) is 0 Å². The molecule has 0 radical (unpaired) electrons. The van der Waals surface area contributed by atoms with Crippen molar-refractivity contribution in [1.29, 1.82) is 0 Å². The molecule has 1 amide bonds. The van der Waals surface area contributed by atoms with Gasteiger partial charge in [0.05, 0.1) is 11.1 Å². The van der Waals surface area contributed by atoms with Crippen molar-refractivity contribution in [1.82, 2.24) is 9.29 Å². The predicted octanol–water partition coefficient (Wildman–Crippen LogP) is 1.71. The summed E-state index contributed by atoms with van der Waals surface area (Å²) in [5.41, 5.74) is 5.05. The second-order valence-electron chi connectivity index (χ2n) is 7.35. The molecule has 0 aliphatic carbocycles. The predicted molar refractivity (Wildman–Crippen MR) is 105 cm³/mol. The number of fused-ring (bicyclic) bond motifs is 2. The summed E-state index contributed by atoms with van der Waals surface area (Å²) in [4.78, 5) is 15.1. The Kier molecular flexibility index (Phi) is 5.42. The number of rotatable bonds is 7. The first-order valence-electron chi connectivity index (χ1n) is 9.55. The molecule has 2 aliphatic heterocycles. The van der Waals surface area contributed by atoms with Gasteiger partial charge in [0.1, 0.15) is 17.6 Å². The van der Waals surface area contributed by atoms with Crippen LogP contribution in [0.15, 0.2) is 53.7 Å². The number of ether oxygens (including phenoxy) is 2. The van der Waals surface area contributed by atoms with Crippen LogP contribution in [0.5, 0.6) is 11.5 Å². The lowest BCUT2D eigenvalue weighted by Crippen LogP contribution is -2.49. The number of sulfonamides is 1. The highest BCUT2D eigenvalue weighted by Crippen LogP contribution is 2.41. The fourth-order valence-electron chi connectivity index (χ4n) is 4.17. The van der Waals surface area contributed by atoms with Crippen LogP contribution in [0, 0.1) is 0 Å². The summed E-state index contributed by atoms with van der Waals surface area (Å²) in [6.45, 7) is -0.249. The van der Waals surface area contributed by atoms with Gasteiger partial charge in [-0.25, -0.2) is 8.42 Å². The van der Waals surface area contributed by atoms with Gasteiger partial charge in [0.2, 0.25) is 10.0 Å². The van der Waals surface area contributed by atoms with E-state index in [1.807, 2.05) is 12.1 Å². The lowest BCUT2D eigenvalue weighted by atomic mass is 10.0. The Bertz CT molecular complexity index is 951. The molecule has 8 nitrogen and oxygen atoms in total. The third-order valence-corrected chi connectivity index (χ3v) is 7.36. The van der Waals surface area contributed by atoms with Crippen LogP contribution in [0.4, 0.5) is 0 Å². The fraction of sp³-hybridized carbons (Fsp3) is 0.400. The number of carbonyl (C=O) groups excluding carboxylic acids is 1. The smallest absolute Gasteiger partial charge is 0.255 e. The monoisotopic (exact) mass is 417 g/mol.